The van der Waals surface area contributed by atoms with Crippen LogP contribution in [0.5, 0.6) is 0 Å². The Kier molecular flexibility index (Phi) is 7.53. The first-order valence-electron chi connectivity index (χ1n) is 19.2. The summed E-state index contributed by atoms with van der Waals surface area (Å²) in [6, 6.07) is 76.5. The highest BCUT2D eigenvalue weighted by Crippen LogP contribution is 2.45. The summed E-state index contributed by atoms with van der Waals surface area (Å²) in [6.45, 7) is 0. The highest BCUT2D eigenvalue weighted by Gasteiger charge is 2.21. The minimum absolute atomic E-state index is 0.868. The zero-order valence-electron chi connectivity index (χ0n) is 30.6. The van der Waals surface area contributed by atoms with E-state index in [1.165, 1.54) is 54.7 Å². The van der Waals surface area contributed by atoms with E-state index >= 15 is 0 Å². The number of anilines is 3. The molecule has 0 amide bonds. The Bertz CT molecular complexity index is 3250. The molecule has 0 fully saturated rings. The molecule has 0 aliphatic carbocycles. The molecule has 0 atom stereocenters. The van der Waals surface area contributed by atoms with Crippen LogP contribution in [-0.4, -0.2) is 0 Å². The first kappa shape index (κ1) is 32.0. The maximum Gasteiger partial charge on any atom is 0.143 e. The average Bonchev–Trinajstić information content (AvgIpc) is 3.67. The zero-order valence-corrected chi connectivity index (χ0v) is 30.6. The Labute approximate surface area is 325 Å². The van der Waals surface area contributed by atoms with Gasteiger partial charge in [-0.1, -0.05) is 158 Å². The first-order chi connectivity index (χ1) is 27.7. The molecule has 1 aromatic heterocycles. The zero-order chi connectivity index (χ0) is 37.0. The van der Waals surface area contributed by atoms with Gasteiger partial charge >= 0.3 is 0 Å². The molecule has 2 heteroatoms. The van der Waals surface area contributed by atoms with Gasteiger partial charge in [-0.15, -0.1) is 0 Å². The highest BCUT2D eigenvalue weighted by molar-refractivity contribution is 6.19. The maximum absolute atomic E-state index is 6.68. The number of nitrogens with zero attached hydrogens (tertiary/aromatic N) is 1. The van der Waals surface area contributed by atoms with Gasteiger partial charge in [-0.05, 0) is 115 Å². The molecule has 10 aromatic carbocycles. The molecule has 0 saturated carbocycles. The van der Waals surface area contributed by atoms with E-state index in [-0.39, 0.29) is 0 Å². The lowest BCUT2D eigenvalue weighted by atomic mass is 9.98. The van der Waals surface area contributed by atoms with Gasteiger partial charge in [-0.3, -0.25) is 0 Å². The van der Waals surface area contributed by atoms with Gasteiger partial charge in [0.15, 0.2) is 0 Å². The van der Waals surface area contributed by atoms with Crippen LogP contribution in [0.15, 0.2) is 217 Å². The van der Waals surface area contributed by atoms with Crippen LogP contribution >= 0.6 is 0 Å². The highest BCUT2D eigenvalue weighted by atomic mass is 16.3. The monoisotopic (exact) mass is 713 g/mol. The Hall–Kier alpha value is -7.42. The van der Waals surface area contributed by atoms with Crippen molar-refractivity contribution in [2.24, 2.45) is 0 Å². The van der Waals surface area contributed by atoms with Gasteiger partial charge in [-0.25, -0.2) is 0 Å². The van der Waals surface area contributed by atoms with E-state index in [1.54, 1.807) is 0 Å². The van der Waals surface area contributed by atoms with Crippen LogP contribution in [-0.2, 0) is 0 Å². The van der Waals surface area contributed by atoms with Crippen molar-refractivity contribution in [1.29, 1.82) is 0 Å². The first-order valence-corrected chi connectivity index (χ1v) is 19.2. The largest absolute Gasteiger partial charge is 0.455 e. The molecule has 56 heavy (non-hydrogen) atoms. The molecule has 1 heterocycles. The lowest BCUT2D eigenvalue weighted by molar-refractivity contribution is 0.672. The standard InChI is InChI=1S/C54H35NO/c1-3-12-42-33-45(25-23-36(42)9-1)40-21-19-38(20-22-40)39-27-30-47(31-28-39)55(48-15-7-14-44(35-48)46-26-24-37-10-2-4-13-43(37)34-46)51-17-8-18-52-53(51)50-32-29-41-11-5-6-16-49(41)54(50)56-52/h1-35H. The van der Waals surface area contributed by atoms with Crippen molar-refractivity contribution in [2.45, 2.75) is 0 Å². The summed E-state index contributed by atoms with van der Waals surface area (Å²) in [5, 5.41) is 9.47. The number of furan rings is 1. The topological polar surface area (TPSA) is 16.4 Å². The smallest absolute Gasteiger partial charge is 0.143 e. The SMILES string of the molecule is c1cc(-c2ccc3ccccc3c2)cc(N(c2ccc(-c3ccc(-c4ccc5ccccc5c4)cc3)cc2)c2cccc3oc4c5ccccc5ccc4c23)c1. The van der Waals surface area contributed by atoms with Gasteiger partial charge in [0.1, 0.15) is 11.2 Å². The summed E-state index contributed by atoms with van der Waals surface area (Å²) >= 11 is 0. The van der Waals surface area contributed by atoms with Crippen molar-refractivity contribution in [3.8, 4) is 33.4 Å². The van der Waals surface area contributed by atoms with Crippen molar-refractivity contribution in [1.82, 2.24) is 0 Å². The second-order valence-corrected chi connectivity index (χ2v) is 14.5. The van der Waals surface area contributed by atoms with Crippen LogP contribution in [0.4, 0.5) is 17.1 Å². The lowest BCUT2D eigenvalue weighted by Crippen LogP contribution is -2.10. The van der Waals surface area contributed by atoms with E-state index < -0.39 is 0 Å². The van der Waals surface area contributed by atoms with Crippen LogP contribution < -0.4 is 4.90 Å². The van der Waals surface area contributed by atoms with Crippen molar-refractivity contribution in [3.63, 3.8) is 0 Å². The van der Waals surface area contributed by atoms with E-state index in [1.807, 2.05) is 0 Å². The molecule has 0 radical (unpaired) electrons. The third-order valence-electron chi connectivity index (χ3n) is 11.2. The molecule has 0 bridgehead atoms. The Morgan fingerprint density at radius 2 is 0.821 bits per heavy atom. The van der Waals surface area contributed by atoms with Gasteiger partial charge < -0.3 is 9.32 Å². The fourth-order valence-corrected chi connectivity index (χ4v) is 8.37. The Balaban J connectivity index is 1.03. The molecule has 0 aliphatic rings. The number of fused-ring (bicyclic) bond motifs is 7. The quantitative estimate of drug-likeness (QED) is 0.171. The number of hydrogen-bond donors (Lipinski definition) is 0. The van der Waals surface area contributed by atoms with Crippen LogP contribution in [0.25, 0.3) is 87.6 Å². The second-order valence-electron chi connectivity index (χ2n) is 14.5. The minimum Gasteiger partial charge on any atom is -0.455 e. The van der Waals surface area contributed by atoms with Gasteiger partial charge in [0.05, 0.1) is 11.1 Å². The summed E-state index contributed by atoms with van der Waals surface area (Å²) in [5.41, 5.74) is 12.1. The van der Waals surface area contributed by atoms with E-state index in [0.717, 1.165) is 50.0 Å². The van der Waals surface area contributed by atoms with Crippen molar-refractivity contribution in [2.75, 3.05) is 4.90 Å². The summed E-state index contributed by atoms with van der Waals surface area (Å²) in [5.74, 6) is 0. The van der Waals surface area contributed by atoms with E-state index in [9.17, 15) is 0 Å². The molecule has 0 saturated heterocycles. The molecular weight excluding hydrogens is 679 g/mol. The van der Waals surface area contributed by atoms with E-state index in [0.29, 0.717) is 0 Å². The second kappa shape index (κ2) is 13.2. The molecule has 262 valence electrons. The van der Waals surface area contributed by atoms with Crippen LogP contribution in [0.3, 0.4) is 0 Å². The van der Waals surface area contributed by atoms with Crippen LogP contribution in [0.2, 0.25) is 0 Å². The van der Waals surface area contributed by atoms with Crippen molar-refractivity contribution < 1.29 is 4.42 Å². The maximum atomic E-state index is 6.68. The van der Waals surface area contributed by atoms with Gasteiger partial charge in [0, 0.05) is 22.1 Å². The number of benzene rings is 10. The Morgan fingerprint density at radius 1 is 0.304 bits per heavy atom. The third-order valence-corrected chi connectivity index (χ3v) is 11.2. The molecule has 0 aliphatic heterocycles. The van der Waals surface area contributed by atoms with E-state index in [4.69, 9.17) is 4.42 Å². The Morgan fingerprint density at radius 3 is 1.52 bits per heavy atom. The van der Waals surface area contributed by atoms with Crippen LogP contribution in [0.1, 0.15) is 0 Å². The normalized spacial score (nSPS) is 11.6. The summed E-state index contributed by atoms with van der Waals surface area (Å²) in [7, 11) is 0. The fourth-order valence-electron chi connectivity index (χ4n) is 8.37. The number of rotatable bonds is 6. The van der Waals surface area contributed by atoms with Gasteiger partial charge in [0.2, 0.25) is 0 Å². The fraction of sp³-hybridized carbons (Fsp3) is 0. The molecule has 0 unspecified atom stereocenters. The molecular formula is C54H35NO. The van der Waals surface area contributed by atoms with Gasteiger partial charge in [0.25, 0.3) is 0 Å². The molecule has 11 aromatic rings. The third kappa shape index (κ3) is 5.51. The number of hydrogen-bond acceptors (Lipinski definition) is 2. The summed E-state index contributed by atoms with van der Waals surface area (Å²) in [4.78, 5) is 2.38. The molecule has 2 nitrogen and oxygen atoms in total. The van der Waals surface area contributed by atoms with Crippen molar-refractivity contribution >= 4 is 71.3 Å². The van der Waals surface area contributed by atoms with Crippen LogP contribution in [0, 0.1) is 0 Å². The predicted molar refractivity (Wildman–Crippen MR) is 237 cm³/mol. The van der Waals surface area contributed by atoms with Crippen molar-refractivity contribution in [3.05, 3.63) is 212 Å². The molecule has 0 spiro atoms. The molecule has 11 rings (SSSR count). The molecule has 0 N–H and O–H groups in total. The van der Waals surface area contributed by atoms with Gasteiger partial charge in [-0.2, -0.15) is 0 Å². The summed E-state index contributed by atoms with van der Waals surface area (Å²) < 4.78 is 6.68. The lowest BCUT2D eigenvalue weighted by Gasteiger charge is -2.27. The van der Waals surface area contributed by atoms with E-state index in [2.05, 4.69) is 217 Å². The predicted octanol–water partition coefficient (Wildman–Crippen LogP) is 15.5. The summed E-state index contributed by atoms with van der Waals surface area (Å²) in [6.07, 6.45) is 0. The average molecular weight is 714 g/mol. The minimum atomic E-state index is 0.868.